The molecule has 0 aromatic heterocycles. The number of ketones is 1. The lowest BCUT2D eigenvalue weighted by atomic mass is 10.0. The molecule has 1 aromatic carbocycles. The van der Waals surface area contributed by atoms with Crippen molar-refractivity contribution in [3.8, 4) is 17.2 Å². The normalized spacial score (nSPS) is 18.4. The summed E-state index contributed by atoms with van der Waals surface area (Å²) in [6.07, 6.45) is -0.615. The second-order valence-corrected chi connectivity index (χ2v) is 4.18. The summed E-state index contributed by atoms with van der Waals surface area (Å²) in [6.45, 7) is 1.16. The summed E-state index contributed by atoms with van der Waals surface area (Å²) in [6, 6.07) is 3.30. The number of hydrogen-bond donors (Lipinski definition) is 0. The van der Waals surface area contributed by atoms with Gasteiger partial charge in [-0.1, -0.05) is 0 Å². The number of carbonyl (C=O) groups excluding carboxylic acids is 1. The highest BCUT2D eigenvalue weighted by atomic mass is 16.6. The molecule has 1 aromatic rings. The minimum atomic E-state index is -0.615. The van der Waals surface area contributed by atoms with Crippen LogP contribution in [0.2, 0.25) is 0 Å². The Morgan fingerprint density at radius 3 is 2.40 bits per heavy atom. The molecule has 0 amide bonds. The molecule has 6 nitrogen and oxygen atoms in total. The van der Waals surface area contributed by atoms with Crippen LogP contribution in [0.15, 0.2) is 12.1 Å². The topological polar surface area (TPSA) is 63.2 Å². The minimum absolute atomic E-state index is 0.192. The maximum atomic E-state index is 12.5. The third-order valence-corrected chi connectivity index (χ3v) is 3.08. The van der Waals surface area contributed by atoms with Gasteiger partial charge in [0.05, 0.1) is 46.7 Å². The Morgan fingerprint density at radius 1 is 1.10 bits per heavy atom. The second kappa shape index (κ2) is 6.58. The lowest BCUT2D eigenvalue weighted by Gasteiger charge is -2.23. The van der Waals surface area contributed by atoms with Gasteiger partial charge in [-0.15, -0.1) is 0 Å². The van der Waals surface area contributed by atoms with E-state index >= 15 is 0 Å². The first-order valence-corrected chi connectivity index (χ1v) is 6.25. The predicted molar refractivity (Wildman–Crippen MR) is 71.0 cm³/mol. The van der Waals surface area contributed by atoms with Crippen molar-refractivity contribution in [2.75, 3.05) is 41.2 Å². The molecule has 1 unspecified atom stereocenters. The zero-order chi connectivity index (χ0) is 14.5. The molecule has 1 atom stereocenters. The van der Waals surface area contributed by atoms with Gasteiger partial charge in [-0.2, -0.15) is 0 Å². The van der Waals surface area contributed by atoms with Crippen molar-refractivity contribution >= 4 is 5.78 Å². The van der Waals surface area contributed by atoms with Gasteiger partial charge in [-0.25, -0.2) is 0 Å². The summed E-state index contributed by atoms with van der Waals surface area (Å²) in [5, 5.41) is 0. The van der Waals surface area contributed by atoms with E-state index in [9.17, 15) is 4.79 Å². The molecule has 20 heavy (non-hydrogen) atoms. The highest BCUT2D eigenvalue weighted by Gasteiger charge is 2.28. The van der Waals surface area contributed by atoms with Crippen molar-refractivity contribution < 1.29 is 28.5 Å². The van der Waals surface area contributed by atoms with Crippen molar-refractivity contribution in [1.29, 1.82) is 0 Å². The summed E-state index contributed by atoms with van der Waals surface area (Å²) in [5.41, 5.74) is 0.389. The van der Waals surface area contributed by atoms with E-state index in [0.717, 1.165) is 0 Å². The number of hydrogen-bond acceptors (Lipinski definition) is 6. The molecule has 0 spiro atoms. The second-order valence-electron chi connectivity index (χ2n) is 4.18. The molecule has 6 heteroatoms. The fourth-order valence-electron chi connectivity index (χ4n) is 2.11. The van der Waals surface area contributed by atoms with E-state index in [1.165, 1.54) is 21.3 Å². The van der Waals surface area contributed by atoms with Crippen LogP contribution in [0, 0.1) is 0 Å². The summed E-state index contributed by atoms with van der Waals surface area (Å²) in [5.74, 6) is 1.04. The van der Waals surface area contributed by atoms with Crippen LogP contribution in [0.1, 0.15) is 10.4 Å². The fraction of sp³-hybridized carbons (Fsp3) is 0.500. The Labute approximate surface area is 117 Å². The van der Waals surface area contributed by atoms with Gasteiger partial charge in [-0.05, 0) is 12.1 Å². The molecule has 1 heterocycles. The zero-order valence-electron chi connectivity index (χ0n) is 11.8. The Morgan fingerprint density at radius 2 is 1.85 bits per heavy atom. The van der Waals surface area contributed by atoms with Gasteiger partial charge in [-0.3, -0.25) is 4.79 Å². The standard InChI is InChI=1S/C14H18O6/c1-16-10-5-4-9(13(17-2)14(10)18-3)12(15)11-8-19-6-7-20-11/h4-5,11H,6-8H2,1-3H3. The molecule has 2 rings (SSSR count). The molecule has 1 saturated heterocycles. The van der Waals surface area contributed by atoms with Crippen LogP contribution in [-0.4, -0.2) is 53.0 Å². The first kappa shape index (κ1) is 14.6. The Kier molecular flexibility index (Phi) is 4.81. The first-order chi connectivity index (χ1) is 9.72. The number of rotatable bonds is 5. The van der Waals surface area contributed by atoms with Gasteiger partial charge in [0.1, 0.15) is 6.10 Å². The lowest BCUT2D eigenvalue weighted by Crippen LogP contribution is -2.35. The van der Waals surface area contributed by atoms with E-state index in [1.807, 2.05) is 0 Å². The molecule has 0 aliphatic carbocycles. The number of Topliss-reactive ketones (excluding diaryl/α,β-unsaturated/α-hetero) is 1. The molecule has 0 radical (unpaired) electrons. The van der Waals surface area contributed by atoms with Gasteiger partial charge in [0, 0.05) is 0 Å². The molecular weight excluding hydrogens is 264 g/mol. The number of carbonyl (C=O) groups is 1. The monoisotopic (exact) mass is 282 g/mol. The Bertz CT molecular complexity index is 479. The van der Waals surface area contributed by atoms with Crippen molar-refractivity contribution in [2.45, 2.75) is 6.10 Å². The van der Waals surface area contributed by atoms with Crippen LogP contribution < -0.4 is 14.2 Å². The van der Waals surface area contributed by atoms with Gasteiger partial charge < -0.3 is 23.7 Å². The van der Waals surface area contributed by atoms with Gasteiger partial charge >= 0.3 is 0 Å². The first-order valence-electron chi connectivity index (χ1n) is 6.25. The minimum Gasteiger partial charge on any atom is -0.493 e. The van der Waals surface area contributed by atoms with E-state index in [-0.39, 0.29) is 12.4 Å². The van der Waals surface area contributed by atoms with Gasteiger partial charge in [0.25, 0.3) is 0 Å². The highest BCUT2D eigenvalue weighted by Crippen LogP contribution is 2.40. The van der Waals surface area contributed by atoms with Crippen LogP contribution >= 0.6 is 0 Å². The third kappa shape index (κ3) is 2.71. The number of benzene rings is 1. The summed E-state index contributed by atoms with van der Waals surface area (Å²) < 4.78 is 26.4. The van der Waals surface area contributed by atoms with Gasteiger partial charge in [0.2, 0.25) is 5.75 Å². The third-order valence-electron chi connectivity index (χ3n) is 3.08. The molecule has 0 saturated carbocycles. The van der Waals surface area contributed by atoms with Crippen molar-refractivity contribution in [2.24, 2.45) is 0 Å². The largest absolute Gasteiger partial charge is 0.493 e. The molecule has 1 fully saturated rings. The Hall–Kier alpha value is -1.79. The van der Waals surface area contributed by atoms with E-state index in [4.69, 9.17) is 23.7 Å². The molecule has 110 valence electrons. The maximum absolute atomic E-state index is 12.5. The smallest absolute Gasteiger partial charge is 0.204 e. The maximum Gasteiger partial charge on any atom is 0.204 e. The molecule has 0 bridgehead atoms. The average molecular weight is 282 g/mol. The number of ether oxygens (including phenoxy) is 5. The summed E-state index contributed by atoms with van der Waals surface area (Å²) in [4.78, 5) is 12.5. The molecule has 1 aliphatic rings. The summed E-state index contributed by atoms with van der Waals surface area (Å²) in [7, 11) is 4.50. The van der Waals surface area contributed by atoms with Crippen molar-refractivity contribution in [1.82, 2.24) is 0 Å². The van der Waals surface area contributed by atoms with E-state index < -0.39 is 6.10 Å². The average Bonchev–Trinajstić information content (AvgIpc) is 2.53. The van der Waals surface area contributed by atoms with Crippen molar-refractivity contribution in [3.63, 3.8) is 0 Å². The van der Waals surface area contributed by atoms with E-state index in [2.05, 4.69) is 0 Å². The SMILES string of the molecule is COc1ccc(C(=O)C2COCCO2)c(OC)c1OC. The van der Waals surface area contributed by atoms with Crippen LogP contribution in [0.25, 0.3) is 0 Å². The molecule has 1 aliphatic heterocycles. The van der Waals surface area contributed by atoms with Crippen LogP contribution in [-0.2, 0) is 9.47 Å². The van der Waals surface area contributed by atoms with Crippen LogP contribution in [0.5, 0.6) is 17.2 Å². The van der Waals surface area contributed by atoms with E-state index in [1.54, 1.807) is 12.1 Å². The summed E-state index contributed by atoms with van der Waals surface area (Å²) >= 11 is 0. The fourth-order valence-corrected chi connectivity index (χ4v) is 2.11. The Balaban J connectivity index is 2.37. The predicted octanol–water partition coefficient (Wildman–Crippen LogP) is 1.31. The molecular formula is C14H18O6. The molecule has 0 N–H and O–H groups in total. The van der Waals surface area contributed by atoms with Crippen molar-refractivity contribution in [3.05, 3.63) is 17.7 Å². The quantitative estimate of drug-likeness (QED) is 0.759. The van der Waals surface area contributed by atoms with Crippen LogP contribution in [0.3, 0.4) is 0 Å². The lowest BCUT2D eigenvalue weighted by molar-refractivity contribution is -0.0719. The number of methoxy groups -OCH3 is 3. The zero-order valence-corrected chi connectivity index (χ0v) is 11.8. The van der Waals surface area contributed by atoms with Crippen LogP contribution in [0.4, 0.5) is 0 Å². The van der Waals surface area contributed by atoms with E-state index in [0.29, 0.717) is 36.0 Å². The highest BCUT2D eigenvalue weighted by molar-refractivity contribution is 6.03. The van der Waals surface area contributed by atoms with Gasteiger partial charge in [0.15, 0.2) is 17.3 Å².